The van der Waals surface area contributed by atoms with Crippen molar-refractivity contribution in [2.24, 2.45) is 0 Å². The smallest absolute Gasteiger partial charge is 0.183 e. The van der Waals surface area contributed by atoms with Crippen LogP contribution >= 0.6 is 22.9 Å². The number of halogens is 1. The van der Waals surface area contributed by atoms with E-state index in [0.717, 1.165) is 43.1 Å². The Kier molecular flexibility index (Phi) is 4.08. The molecule has 3 heterocycles. The lowest BCUT2D eigenvalue weighted by molar-refractivity contribution is 0.245. The second kappa shape index (κ2) is 6.35. The van der Waals surface area contributed by atoms with Crippen molar-refractivity contribution in [2.75, 3.05) is 6.54 Å². The predicted molar refractivity (Wildman–Crippen MR) is 92.4 cm³/mol. The minimum absolute atomic E-state index is 0.605. The van der Waals surface area contributed by atoms with Gasteiger partial charge in [-0.05, 0) is 0 Å². The van der Waals surface area contributed by atoms with Gasteiger partial charge in [-0.25, -0.2) is 15.0 Å². The molecule has 0 saturated carbocycles. The molecule has 0 spiro atoms. The van der Waals surface area contributed by atoms with Gasteiger partial charge in [0.05, 0.1) is 5.69 Å². The third kappa shape index (κ3) is 3.27. The van der Waals surface area contributed by atoms with Crippen molar-refractivity contribution in [3.05, 3.63) is 63.3 Å². The molecule has 2 aromatic heterocycles. The van der Waals surface area contributed by atoms with Crippen molar-refractivity contribution in [3.63, 3.8) is 0 Å². The summed E-state index contributed by atoms with van der Waals surface area (Å²) >= 11 is 7.45. The van der Waals surface area contributed by atoms with E-state index in [0.29, 0.717) is 4.47 Å². The van der Waals surface area contributed by atoms with Crippen LogP contribution in [0, 0.1) is 0 Å². The Labute approximate surface area is 143 Å². The Morgan fingerprint density at radius 1 is 1.13 bits per heavy atom. The highest BCUT2D eigenvalue weighted by molar-refractivity contribution is 7.15. The van der Waals surface area contributed by atoms with Crippen molar-refractivity contribution >= 4 is 22.9 Å². The molecule has 0 bridgehead atoms. The summed E-state index contributed by atoms with van der Waals surface area (Å²) in [7, 11) is 0. The number of fused-ring (bicyclic) bond motifs is 1. The lowest BCUT2D eigenvalue weighted by Gasteiger charge is -2.27. The monoisotopic (exact) mass is 342 g/mol. The van der Waals surface area contributed by atoms with Gasteiger partial charge in [-0.1, -0.05) is 41.9 Å². The summed E-state index contributed by atoms with van der Waals surface area (Å²) in [6.07, 6.45) is 4.78. The fourth-order valence-electron chi connectivity index (χ4n) is 2.81. The molecule has 23 heavy (non-hydrogen) atoms. The van der Waals surface area contributed by atoms with Gasteiger partial charge in [0.1, 0.15) is 0 Å². The molecular formula is C17H15ClN4S. The molecule has 0 N–H and O–H groups in total. The molecule has 3 aromatic rings. The van der Waals surface area contributed by atoms with Crippen LogP contribution in [0.5, 0.6) is 0 Å². The molecular weight excluding hydrogens is 328 g/mol. The van der Waals surface area contributed by atoms with E-state index < -0.39 is 0 Å². The minimum atomic E-state index is 0.605. The minimum Gasteiger partial charge on any atom is -0.293 e. The molecule has 0 atom stereocenters. The van der Waals surface area contributed by atoms with Gasteiger partial charge in [0.2, 0.25) is 0 Å². The number of benzene rings is 1. The number of aromatic nitrogens is 3. The Bertz CT molecular complexity index is 818. The maximum Gasteiger partial charge on any atom is 0.183 e. The summed E-state index contributed by atoms with van der Waals surface area (Å²) in [6, 6.07) is 10.1. The van der Waals surface area contributed by atoms with Crippen LogP contribution in [-0.4, -0.2) is 26.4 Å². The van der Waals surface area contributed by atoms with Crippen molar-refractivity contribution in [1.82, 2.24) is 19.9 Å². The molecule has 1 aliphatic heterocycles. The number of nitrogens with zero attached hydrogens (tertiary/aromatic N) is 4. The first-order valence-electron chi connectivity index (χ1n) is 7.51. The molecule has 0 unspecified atom stereocenters. The maximum absolute atomic E-state index is 5.90. The fraction of sp³-hybridized carbons (Fsp3) is 0.235. The van der Waals surface area contributed by atoms with Gasteiger partial charge in [-0.15, -0.1) is 11.3 Å². The van der Waals surface area contributed by atoms with Crippen molar-refractivity contribution in [1.29, 1.82) is 0 Å². The second-order valence-electron chi connectivity index (χ2n) is 5.57. The number of rotatable bonds is 3. The van der Waals surface area contributed by atoms with Gasteiger partial charge in [0.15, 0.2) is 10.3 Å². The number of thiazole rings is 1. The number of hydrogen-bond donors (Lipinski definition) is 0. The zero-order valence-corrected chi connectivity index (χ0v) is 14.0. The van der Waals surface area contributed by atoms with Crippen molar-refractivity contribution in [2.45, 2.75) is 19.5 Å². The van der Waals surface area contributed by atoms with Crippen LogP contribution in [0.3, 0.4) is 0 Å². The zero-order chi connectivity index (χ0) is 15.6. The van der Waals surface area contributed by atoms with Crippen LogP contribution < -0.4 is 0 Å². The summed E-state index contributed by atoms with van der Waals surface area (Å²) in [5.41, 5.74) is 3.45. The highest BCUT2D eigenvalue weighted by Gasteiger charge is 2.19. The van der Waals surface area contributed by atoms with E-state index in [9.17, 15) is 0 Å². The van der Waals surface area contributed by atoms with Gasteiger partial charge < -0.3 is 0 Å². The summed E-state index contributed by atoms with van der Waals surface area (Å²) < 4.78 is 0.605. The van der Waals surface area contributed by atoms with Crippen LogP contribution in [-0.2, 0) is 19.5 Å². The van der Waals surface area contributed by atoms with Crippen molar-refractivity contribution in [3.8, 4) is 11.4 Å². The average Bonchev–Trinajstić information content (AvgIpc) is 3.00. The van der Waals surface area contributed by atoms with Crippen LogP contribution in [0.25, 0.3) is 11.4 Å². The highest BCUT2D eigenvalue weighted by Crippen LogP contribution is 2.24. The summed E-state index contributed by atoms with van der Waals surface area (Å²) in [5, 5.41) is 0. The standard InChI is InChI=1S/C17H15ClN4S/c18-17-20-9-14(23-17)11-22-7-6-15-13(10-22)8-19-16(21-15)12-4-2-1-3-5-12/h1-5,8-9H,6-7,10-11H2. The van der Waals surface area contributed by atoms with Crippen LogP contribution in [0.1, 0.15) is 16.1 Å². The van der Waals surface area contributed by atoms with Gasteiger partial charge in [-0.2, -0.15) is 0 Å². The third-order valence-corrected chi connectivity index (χ3v) is 5.05. The lowest BCUT2D eigenvalue weighted by Crippen LogP contribution is -2.30. The van der Waals surface area contributed by atoms with E-state index in [1.807, 2.05) is 42.7 Å². The lowest BCUT2D eigenvalue weighted by atomic mass is 10.1. The summed E-state index contributed by atoms with van der Waals surface area (Å²) in [6.45, 7) is 2.75. The van der Waals surface area contributed by atoms with E-state index >= 15 is 0 Å². The van der Waals surface area contributed by atoms with Gasteiger partial charge in [-0.3, -0.25) is 4.90 Å². The van der Waals surface area contributed by atoms with E-state index in [1.165, 1.54) is 10.4 Å². The van der Waals surface area contributed by atoms with E-state index in [-0.39, 0.29) is 0 Å². The van der Waals surface area contributed by atoms with Crippen LogP contribution in [0.2, 0.25) is 4.47 Å². The first-order valence-corrected chi connectivity index (χ1v) is 8.70. The van der Waals surface area contributed by atoms with E-state index in [4.69, 9.17) is 16.6 Å². The topological polar surface area (TPSA) is 41.9 Å². The molecule has 0 fully saturated rings. The molecule has 6 heteroatoms. The summed E-state index contributed by atoms with van der Waals surface area (Å²) in [4.78, 5) is 17.0. The Morgan fingerprint density at radius 2 is 2.00 bits per heavy atom. The second-order valence-corrected chi connectivity index (χ2v) is 7.27. The van der Waals surface area contributed by atoms with E-state index in [1.54, 1.807) is 11.3 Å². The van der Waals surface area contributed by atoms with E-state index in [2.05, 4.69) is 14.9 Å². The fourth-order valence-corrected chi connectivity index (χ4v) is 3.83. The molecule has 0 saturated heterocycles. The molecule has 4 rings (SSSR count). The van der Waals surface area contributed by atoms with Gasteiger partial charge in [0.25, 0.3) is 0 Å². The molecule has 4 nitrogen and oxygen atoms in total. The average molecular weight is 343 g/mol. The van der Waals surface area contributed by atoms with Crippen LogP contribution in [0.15, 0.2) is 42.7 Å². The highest BCUT2D eigenvalue weighted by atomic mass is 35.5. The first kappa shape index (κ1) is 14.8. The molecule has 116 valence electrons. The normalized spacial score (nSPS) is 14.7. The molecule has 1 aliphatic rings. The summed E-state index contributed by atoms with van der Waals surface area (Å²) in [5.74, 6) is 0.812. The molecule has 0 amide bonds. The number of hydrogen-bond acceptors (Lipinski definition) is 5. The largest absolute Gasteiger partial charge is 0.293 e. The van der Waals surface area contributed by atoms with Crippen LogP contribution in [0.4, 0.5) is 0 Å². The van der Waals surface area contributed by atoms with Crippen molar-refractivity contribution < 1.29 is 0 Å². The Balaban J connectivity index is 1.52. The quantitative estimate of drug-likeness (QED) is 0.725. The van der Waals surface area contributed by atoms with Gasteiger partial charge >= 0.3 is 0 Å². The molecule has 0 radical (unpaired) electrons. The Hall–Kier alpha value is -1.82. The third-order valence-electron chi connectivity index (χ3n) is 3.95. The molecule has 0 aliphatic carbocycles. The van der Waals surface area contributed by atoms with Gasteiger partial charge in [0, 0.05) is 54.5 Å². The first-order chi connectivity index (χ1) is 11.3. The SMILES string of the molecule is Clc1ncc(CN2CCc3nc(-c4ccccc4)ncc3C2)s1. The zero-order valence-electron chi connectivity index (χ0n) is 12.4. The maximum atomic E-state index is 5.90. The predicted octanol–water partition coefficient (Wildman–Crippen LogP) is 3.81. The molecule has 1 aromatic carbocycles. The Morgan fingerprint density at radius 3 is 2.78 bits per heavy atom.